The van der Waals surface area contributed by atoms with Crippen LogP contribution in [0.4, 0.5) is 0 Å². The summed E-state index contributed by atoms with van der Waals surface area (Å²) >= 11 is 0. The zero-order valence-corrected chi connectivity index (χ0v) is 12.5. The monoisotopic (exact) mass is 287 g/mol. The van der Waals surface area contributed by atoms with E-state index >= 15 is 0 Å². The Kier molecular flexibility index (Phi) is 5.38. The Bertz CT molecular complexity index is 571. The normalized spacial score (nSPS) is 21.3. The number of carbonyl (C=O) groups excluding carboxylic acids is 1. The Morgan fingerprint density at radius 1 is 1.52 bits per heavy atom. The molecular weight excluding hydrogens is 266 g/mol. The van der Waals surface area contributed by atoms with Gasteiger partial charge in [0.05, 0.1) is 6.10 Å². The SMILES string of the molecule is Cc1ccc(C#CCO)cc1C(=O)NC1CCOC(C)C1. The molecule has 0 saturated carbocycles. The first-order valence-corrected chi connectivity index (χ1v) is 7.23. The first-order chi connectivity index (χ1) is 10.1. The van der Waals surface area contributed by atoms with Gasteiger partial charge in [-0.05, 0) is 44.4 Å². The van der Waals surface area contributed by atoms with E-state index < -0.39 is 0 Å². The van der Waals surface area contributed by atoms with E-state index in [9.17, 15) is 4.79 Å². The minimum Gasteiger partial charge on any atom is -0.384 e. The number of ether oxygens (including phenoxy) is 1. The lowest BCUT2D eigenvalue weighted by atomic mass is 10.0. The fourth-order valence-corrected chi connectivity index (χ4v) is 2.48. The number of amides is 1. The molecule has 1 amide bonds. The molecule has 1 saturated heterocycles. The number of aliphatic hydroxyl groups excluding tert-OH is 1. The lowest BCUT2D eigenvalue weighted by Crippen LogP contribution is -2.41. The molecule has 4 heteroatoms. The van der Waals surface area contributed by atoms with Gasteiger partial charge in [-0.15, -0.1) is 0 Å². The number of benzene rings is 1. The quantitative estimate of drug-likeness (QED) is 0.813. The summed E-state index contributed by atoms with van der Waals surface area (Å²) in [5.41, 5.74) is 2.29. The van der Waals surface area contributed by atoms with Gasteiger partial charge in [-0.25, -0.2) is 0 Å². The topological polar surface area (TPSA) is 58.6 Å². The molecule has 2 unspecified atom stereocenters. The zero-order chi connectivity index (χ0) is 15.2. The van der Waals surface area contributed by atoms with Gasteiger partial charge in [0, 0.05) is 23.8 Å². The molecule has 0 aromatic heterocycles. The number of carbonyl (C=O) groups is 1. The van der Waals surface area contributed by atoms with Crippen molar-refractivity contribution in [2.75, 3.05) is 13.2 Å². The van der Waals surface area contributed by atoms with E-state index in [1.165, 1.54) is 0 Å². The summed E-state index contributed by atoms with van der Waals surface area (Å²) in [6.07, 6.45) is 1.88. The van der Waals surface area contributed by atoms with Gasteiger partial charge in [0.25, 0.3) is 5.91 Å². The predicted octanol–water partition coefficient (Wildman–Crippen LogP) is 1.64. The zero-order valence-electron chi connectivity index (χ0n) is 12.5. The summed E-state index contributed by atoms with van der Waals surface area (Å²) in [4.78, 5) is 12.4. The molecule has 1 aromatic carbocycles. The smallest absolute Gasteiger partial charge is 0.251 e. The van der Waals surface area contributed by atoms with Crippen LogP contribution >= 0.6 is 0 Å². The van der Waals surface area contributed by atoms with Crippen LogP contribution in [0.25, 0.3) is 0 Å². The molecule has 1 aliphatic rings. The Labute approximate surface area is 125 Å². The molecule has 2 rings (SSSR count). The van der Waals surface area contributed by atoms with Crippen LogP contribution in [-0.2, 0) is 4.74 Å². The molecule has 2 atom stereocenters. The molecule has 4 nitrogen and oxygen atoms in total. The molecular formula is C17H21NO3. The van der Waals surface area contributed by atoms with Crippen molar-refractivity contribution in [2.24, 2.45) is 0 Å². The fraction of sp³-hybridized carbons (Fsp3) is 0.471. The van der Waals surface area contributed by atoms with E-state index in [0.29, 0.717) is 12.2 Å². The lowest BCUT2D eigenvalue weighted by molar-refractivity contribution is 0.0136. The summed E-state index contributed by atoms with van der Waals surface area (Å²) < 4.78 is 5.49. The molecule has 0 radical (unpaired) electrons. The van der Waals surface area contributed by atoms with Crippen LogP contribution in [0.15, 0.2) is 18.2 Å². The number of aryl methyl sites for hydroxylation is 1. The fourth-order valence-electron chi connectivity index (χ4n) is 2.48. The van der Waals surface area contributed by atoms with E-state index in [4.69, 9.17) is 9.84 Å². The van der Waals surface area contributed by atoms with Crippen molar-refractivity contribution in [3.63, 3.8) is 0 Å². The van der Waals surface area contributed by atoms with Crippen LogP contribution in [0.5, 0.6) is 0 Å². The Morgan fingerprint density at radius 3 is 3.05 bits per heavy atom. The maximum absolute atomic E-state index is 12.4. The van der Waals surface area contributed by atoms with E-state index in [2.05, 4.69) is 17.2 Å². The maximum atomic E-state index is 12.4. The average Bonchev–Trinajstić information content (AvgIpc) is 2.46. The van der Waals surface area contributed by atoms with Crippen LogP contribution in [0.2, 0.25) is 0 Å². The Hall–Kier alpha value is -1.83. The standard InChI is InChI=1S/C17H21NO3/c1-12-5-6-14(4-3-8-19)11-16(12)17(20)18-15-7-9-21-13(2)10-15/h5-6,11,13,15,19H,7-10H2,1-2H3,(H,18,20). The number of rotatable bonds is 2. The van der Waals surface area contributed by atoms with Crippen LogP contribution in [0.3, 0.4) is 0 Å². The lowest BCUT2D eigenvalue weighted by Gasteiger charge is -2.28. The van der Waals surface area contributed by atoms with Crippen molar-refractivity contribution in [3.8, 4) is 11.8 Å². The minimum atomic E-state index is -0.185. The molecule has 21 heavy (non-hydrogen) atoms. The molecule has 1 aromatic rings. The molecule has 0 aliphatic carbocycles. The summed E-state index contributed by atoms with van der Waals surface area (Å²) in [6.45, 7) is 4.43. The highest BCUT2D eigenvalue weighted by Gasteiger charge is 2.22. The molecule has 1 heterocycles. The first-order valence-electron chi connectivity index (χ1n) is 7.23. The second-order valence-electron chi connectivity index (χ2n) is 5.37. The number of nitrogens with one attached hydrogen (secondary N) is 1. The van der Waals surface area contributed by atoms with E-state index in [1.54, 1.807) is 6.07 Å². The summed E-state index contributed by atoms with van der Waals surface area (Å²) in [5.74, 6) is 5.35. The second-order valence-corrected chi connectivity index (χ2v) is 5.37. The Balaban J connectivity index is 2.10. The van der Waals surface area contributed by atoms with Gasteiger partial charge in [0.2, 0.25) is 0 Å². The van der Waals surface area contributed by atoms with Crippen LogP contribution in [0.1, 0.15) is 41.3 Å². The molecule has 2 N–H and O–H groups in total. The summed E-state index contributed by atoms with van der Waals surface area (Å²) in [6, 6.07) is 5.66. The van der Waals surface area contributed by atoms with Crippen molar-refractivity contribution >= 4 is 5.91 Å². The van der Waals surface area contributed by atoms with Crippen molar-refractivity contribution < 1.29 is 14.6 Å². The molecule has 0 bridgehead atoms. The van der Waals surface area contributed by atoms with Crippen molar-refractivity contribution in [2.45, 2.75) is 38.8 Å². The summed E-state index contributed by atoms with van der Waals surface area (Å²) in [5, 5.41) is 11.8. The first kappa shape index (κ1) is 15.6. The minimum absolute atomic E-state index is 0.0701. The van der Waals surface area contributed by atoms with Crippen molar-refractivity contribution in [1.29, 1.82) is 0 Å². The Morgan fingerprint density at radius 2 is 2.33 bits per heavy atom. The second kappa shape index (κ2) is 7.26. The van der Waals surface area contributed by atoms with Crippen molar-refractivity contribution in [3.05, 3.63) is 34.9 Å². The predicted molar refractivity (Wildman–Crippen MR) is 81.0 cm³/mol. The van der Waals surface area contributed by atoms with Gasteiger partial charge in [-0.2, -0.15) is 0 Å². The molecule has 112 valence electrons. The van der Waals surface area contributed by atoms with Crippen LogP contribution in [-0.4, -0.2) is 36.4 Å². The number of hydrogen-bond donors (Lipinski definition) is 2. The molecule has 0 spiro atoms. The van der Waals surface area contributed by atoms with Gasteiger partial charge in [0.1, 0.15) is 6.61 Å². The number of aliphatic hydroxyl groups is 1. The van der Waals surface area contributed by atoms with Gasteiger partial charge in [0.15, 0.2) is 0 Å². The van der Waals surface area contributed by atoms with Gasteiger partial charge in [-0.3, -0.25) is 4.79 Å². The molecule has 1 fully saturated rings. The van der Waals surface area contributed by atoms with Crippen molar-refractivity contribution in [1.82, 2.24) is 5.32 Å². The summed E-state index contributed by atoms with van der Waals surface area (Å²) in [7, 11) is 0. The third-order valence-electron chi connectivity index (χ3n) is 3.61. The van der Waals surface area contributed by atoms with E-state index in [0.717, 1.165) is 24.0 Å². The highest BCUT2D eigenvalue weighted by Crippen LogP contribution is 2.16. The van der Waals surface area contributed by atoms with Crippen LogP contribution < -0.4 is 5.32 Å². The largest absolute Gasteiger partial charge is 0.384 e. The van der Waals surface area contributed by atoms with E-state index in [1.807, 2.05) is 26.0 Å². The third-order valence-corrected chi connectivity index (χ3v) is 3.61. The maximum Gasteiger partial charge on any atom is 0.251 e. The van der Waals surface area contributed by atoms with Gasteiger partial charge in [-0.1, -0.05) is 17.9 Å². The third kappa shape index (κ3) is 4.32. The highest BCUT2D eigenvalue weighted by atomic mass is 16.5. The highest BCUT2D eigenvalue weighted by molar-refractivity contribution is 5.96. The average molecular weight is 287 g/mol. The van der Waals surface area contributed by atoms with Gasteiger partial charge < -0.3 is 15.2 Å². The van der Waals surface area contributed by atoms with E-state index in [-0.39, 0.29) is 24.7 Å². The number of hydrogen-bond acceptors (Lipinski definition) is 3. The van der Waals surface area contributed by atoms with Gasteiger partial charge >= 0.3 is 0 Å². The molecule has 1 aliphatic heterocycles. The van der Waals surface area contributed by atoms with Crippen LogP contribution in [0, 0.1) is 18.8 Å².